The first kappa shape index (κ1) is 9.15. The van der Waals surface area contributed by atoms with Crippen molar-refractivity contribution in [3.8, 4) is 17.8 Å². The van der Waals surface area contributed by atoms with Gasteiger partial charge in [0.15, 0.2) is 0 Å². The predicted molar refractivity (Wildman–Crippen MR) is 50.0 cm³/mol. The fourth-order valence-corrected chi connectivity index (χ4v) is 0.979. The zero-order chi connectivity index (χ0) is 10.7. The average molecular weight is 201 g/mol. The second-order valence-corrected chi connectivity index (χ2v) is 2.79. The molecule has 74 valence electrons. The molecule has 2 aromatic rings. The predicted octanol–water partition coefficient (Wildman–Crippen LogP) is 0.874. The summed E-state index contributed by atoms with van der Waals surface area (Å²) >= 11 is 0. The first-order valence-electron chi connectivity index (χ1n) is 4.17. The van der Waals surface area contributed by atoms with Crippen molar-refractivity contribution in [1.82, 2.24) is 19.7 Å². The maximum atomic E-state index is 8.54. The first-order chi connectivity index (χ1) is 7.28. The highest BCUT2D eigenvalue weighted by atomic mass is 16.5. The van der Waals surface area contributed by atoms with Gasteiger partial charge < -0.3 is 4.74 Å². The van der Waals surface area contributed by atoms with E-state index in [1.165, 1.54) is 17.2 Å². The molecule has 0 N–H and O–H groups in total. The van der Waals surface area contributed by atoms with Crippen LogP contribution in [0.25, 0.3) is 0 Å². The van der Waals surface area contributed by atoms with Crippen molar-refractivity contribution in [2.45, 2.75) is 0 Å². The zero-order valence-electron chi connectivity index (χ0n) is 7.95. The van der Waals surface area contributed by atoms with Crippen molar-refractivity contribution in [2.24, 2.45) is 7.05 Å². The second kappa shape index (κ2) is 3.75. The van der Waals surface area contributed by atoms with Crippen molar-refractivity contribution < 1.29 is 4.74 Å². The van der Waals surface area contributed by atoms with E-state index >= 15 is 0 Å². The van der Waals surface area contributed by atoms with E-state index in [1.54, 1.807) is 19.2 Å². The van der Waals surface area contributed by atoms with Gasteiger partial charge in [0.1, 0.15) is 23.8 Å². The average Bonchev–Trinajstić information content (AvgIpc) is 2.65. The van der Waals surface area contributed by atoms with Crippen molar-refractivity contribution >= 4 is 0 Å². The molecule has 0 radical (unpaired) electrons. The maximum absolute atomic E-state index is 8.54. The molecular formula is C9H7N5O. The van der Waals surface area contributed by atoms with Crippen LogP contribution in [0.2, 0.25) is 0 Å². The lowest BCUT2D eigenvalue weighted by Crippen LogP contribution is -1.91. The number of nitrogens with zero attached hydrogens (tertiary/aromatic N) is 5. The minimum absolute atomic E-state index is 0.254. The molecule has 0 aliphatic heterocycles. The van der Waals surface area contributed by atoms with Gasteiger partial charge >= 0.3 is 6.01 Å². The van der Waals surface area contributed by atoms with Crippen LogP contribution in [0.15, 0.2) is 24.7 Å². The lowest BCUT2D eigenvalue weighted by molar-refractivity contribution is 0.437. The van der Waals surface area contributed by atoms with Crippen molar-refractivity contribution in [2.75, 3.05) is 0 Å². The van der Waals surface area contributed by atoms with E-state index in [0.717, 1.165) is 0 Å². The van der Waals surface area contributed by atoms with Crippen LogP contribution in [0.5, 0.6) is 11.8 Å². The number of ether oxygens (including phenoxy) is 1. The summed E-state index contributed by atoms with van der Waals surface area (Å²) in [6.45, 7) is 0. The number of hydrogen-bond donors (Lipinski definition) is 0. The molecule has 15 heavy (non-hydrogen) atoms. The fourth-order valence-electron chi connectivity index (χ4n) is 0.979. The quantitative estimate of drug-likeness (QED) is 0.720. The van der Waals surface area contributed by atoms with E-state index in [9.17, 15) is 0 Å². The van der Waals surface area contributed by atoms with Crippen LogP contribution in [0.4, 0.5) is 0 Å². The molecule has 0 saturated heterocycles. The fraction of sp³-hybridized carbons (Fsp3) is 0.111. The van der Waals surface area contributed by atoms with E-state index < -0.39 is 0 Å². The Labute approximate surface area is 85.8 Å². The minimum Gasteiger partial charge on any atom is -0.422 e. The van der Waals surface area contributed by atoms with Gasteiger partial charge in [0.2, 0.25) is 0 Å². The Balaban J connectivity index is 2.15. The van der Waals surface area contributed by atoms with Gasteiger partial charge in [-0.25, -0.2) is 4.98 Å². The molecular weight excluding hydrogens is 194 g/mol. The Morgan fingerprint density at radius 2 is 2.27 bits per heavy atom. The molecule has 6 heteroatoms. The molecule has 0 aliphatic carbocycles. The van der Waals surface area contributed by atoms with Crippen LogP contribution in [0.3, 0.4) is 0 Å². The van der Waals surface area contributed by atoms with Crippen molar-refractivity contribution in [3.63, 3.8) is 0 Å². The van der Waals surface area contributed by atoms with Gasteiger partial charge in [-0.15, -0.1) is 5.10 Å². The van der Waals surface area contributed by atoms with Gasteiger partial charge in [0.25, 0.3) is 0 Å². The number of aryl methyl sites for hydroxylation is 1. The summed E-state index contributed by atoms with van der Waals surface area (Å²) in [6, 6.07) is 5.38. The van der Waals surface area contributed by atoms with Gasteiger partial charge in [0, 0.05) is 7.05 Å². The van der Waals surface area contributed by atoms with Crippen LogP contribution in [0.1, 0.15) is 5.69 Å². The summed E-state index contributed by atoms with van der Waals surface area (Å²) in [5.74, 6) is 0.500. The van der Waals surface area contributed by atoms with Gasteiger partial charge in [-0.2, -0.15) is 10.2 Å². The summed E-state index contributed by atoms with van der Waals surface area (Å²) in [5.41, 5.74) is 0.344. The van der Waals surface area contributed by atoms with Crippen molar-refractivity contribution in [1.29, 1.82) is 5.26 Å². The third kappa shape index (κ3) is 2.08. The normalized spacial score (nSPS) is 9.60. The van der Waals surface area contributed by atoms with E-state index in [0.29, 0.717) is 11.4 Å². The number of pyridine rings is 1. The topological polar surface area (TPSA) is 76.6 Å². The van der Waals surface area contributed by atoms with Crippen LogP contribution < -0.4 is 4.74 Å². The largest absolute Gasteiger partial charge is 0.422 e. The number of aromatic nitrogens is 4. The van der Waals surface area contributed by atoms with Gasteiger partial charge in [-0.1, -0.05) is 0 Å². The number of rotatable bonds is 2. The third-order valence-electron chi connectivity index (χ3n) is 1.64. The SMILES string of the molecule is Cn1cnc(Oc2ccc(C#N)nc2)n1. The molecule has 0 bridgehead atoms. The van der Waals surface area contributed by atoms with E-state index in [2.05, 4.69) is 15.1 Å². The molecule has 0 amide bonds. The van der Waals surface area contributed by atoms with E-state index in [4.69, 9.17) is 10.00 Å². The van der Waals surface area contributed by atoms with Crippen molar-refractivity contribution in [3.05, 3.63) is 30.4 Å². The van der Waals surface area contributed by atoms with Gasteiger partial charge in [0.05, 0.1) is 6.20 Å². The Kier molecular flexibility index (Phi) is 2.29. The van der Waals surface area contributed by atoms with Crippen LogP contribution in [0, 0.1) is 11.3 Å². The minimum atomic E-state index is 0.254. The zero-order valence-corrected chi connectivity index (χ0v) is 7.95. The van der Waals surface area contributed by atoms with E-state index in [-0.39, 0.29) is 6.01 Å². The molecule has 0 saturated carbocycles. The lowest BCUT2D eigenvalue weighted by atomic mass is 10.4. The molecule has 6 nitrogen and oxygen atoms in total. The summed E-state index contributed by atoms with van der Waals surface area (Å²) in [6.07, 6.45) is 2.99. The third-order valence-corrected chi connectivity index (χ3v) is 1.64. The standard InChI is InChI=1S/C9H7N5O/c1-14-6-12-9(13-14)15-8-3-2-7(4-10)11-5-8/h2-3,5-6H,1H3. The highest BCUT2D eigenvalue weighted by Gasteiger charge is 2.02. The smallest absolute Gasteiger partial charge is 0.341 e. The molecule has 0 spiro atoms. The highest BCUT2D eigenvalue weighted by molar-refractivity contribution is 5.27. The number of hydrogen-bond acceptors (Lipinski definition) is 5. The highest BCUT2D eigenvalue weighted by Crippen LogP contribution is 2.15. The maximum Gasteiger partial charge on any atom is 0.341 e. The van der Waals surface area contributed by atoms with E-state index in [1.807, 2.05) is 6.07 Å². The molecule has 0 atom stereocenters. The molecule has 2 heterocycles. The summed E-state index contributed by atoms with van der Waals surface area (Å²) in [7, 11) is 1.75. The molecule has 2 aromatic heterocycles. The summed E-state index contributed by atoms with van der Waals surface area (Å²) < 4.78 is 6.82. The monoisotopic (exact) mass is 201 g/mol. The van der Waals surface area contributed by atoms with Gasteiger partial charge in [-0.3, -0.25) is 4.68 Å². The Hall–Kier alpha value is -2.42. The lowest BCUT2D eigenvalue weighted by Gasteiger charge is -1.98. The van der Waals surface area contributed by atoms with Crippen LogP contribution in [-0.2, 0) is 7.05 Å². The first-order valence-corrected chi connectivity index (χ1v) is 4.17. The molecule has 2 rings (SSSR count). The summed E-state index contributed by atoms with van der Waals surface area (Å²) in [5, 5.41) is 12.5. The Morgan fingerprint density at radius 3 is 2.80 bits per heavy atom. The van der Waals surface area contributed by atoms with Crippen LogP contribution >= 0.6 is 0 Å². The second-order valence-electron chi connectivity index (χ2n) is 2.79. The Morgan fingerprint density at radius 1 is 1.40 bits per heavy atom. The molecule has 0 aliphatic rings. The molecule has 0 fully saturated rings. The van der Waals surface area contributed by atoms with Gasteiger partial charge in [-0.05, 0) is 12.1 Å². The van der Waals surface area contributed by atoms with Crippen LogP contribution in [-0.4, -0.2) is 19.7 Å². The molecule has 0 aromatic carbocycles. The molecule has 0 unspecified atom stereocenters. The summed E-state index contributed by atoms with van der Waals surface area (Å²) in [4.78, 5) is 7.74. The number of nitriles is 1. The Bertz CT molecular complexity index is 496.